The van der Waals surface area contributed by atoms with Gasteiger partial charge in [0.05, 0.1) is 16.1 Å². The molecule has 37 heavy (non-hydrogen) atoms. The molecular weight excluding hydrogens is 507 g/mol. The van der Waals surface area contributed by atoms with E-state index in [0.29, 0.717) is 47.1 Å². The summed E-state index contributed by atoms with van der Waals surface area (Å²) in [6.45, 7) is 6.12. The molecule has 2 aromatic rings. The minimum atomic E-state index is -0.222. The van der Waals surface area contributed by atoms with Crippen molar-refractivity contribution in [1.82, 2.24) is 15.1 Å². The fourth-order valence-corrected chi connectivity index (χ4v) is 6.06. The van der Waals surface area contributed by atoms with E-state index in [4.69, 9.17) is 28.9 Å². The molecule has 1 unspecified atom stereocenters. The van der Waals surface area contributed by atoms with Gasteiger partial charge in [0, 0.05) is 43.3 Å². The van der Waals surface area contributed by atoms with Crippen LogP contribution in [-0.2, 0) is 11.2 Å². The van der Waals surface area contributed by atoms with Crippen LogP contribution in [0, 0.1) is 5.92 Å². The predicted octanol–water partition coefficient (Wildman–Crippen LogP) is 4.77. The van der Waals surface area contributed by atoms with Gasteiger partial charge in [-0.25, -0.2) is 0 Å². The number of carbonyl (C=O) groups is 2. The maximum atomic E-state index is 13.9. The lowest BCUT2D eigenvalue weighted by Gasteiger charge is -2.34. The number of fused-ring (bicyclic) bond motifs is 1. The largest absolute Gasteiger partial charge is 0.350 e. The molecule has 0 aliphatic carbocycles. The predicted molar refractivity (Wildman–Crippen MR) is 150 cm³/mol. The molecule has 2 amide bonds. The minimum absolute atomic E-state index is 0.00558. The zero-order valence-electron chi connectivity index (χ0n) is 21.7. The van der Waals surface area contributed by atoms with E-state index in [2.05, 4.69) is 48.3 Å². The molecule has 0 radical (unpaired) electrons. The van der Waals surface area contributed by atoms with Crippen LogP contribution in [0.4, 0.5) is 0 Å². The number of nitrogens with one attached hydrogen (secondary N) is 1. The van der Waals surface area contributed by atoms with Crippen molar-refractivity contribution in [3.63, 3.8) is 0 Å². The van der Waals surface area contributed by atoms with Gasteiger partial charge in [-0.15, -0.1) is 0 Å². The van der Waals surface area contributed by atoms with E-state index in [1.165, 1.54) is 5.56 Å². The normalized spacial score (nSPS) is 23.1. The van der Waals surface area contributed by atoms with Crippen molar-refractivity contribution in [3.05, 3.63) is 69.7 Å². The number of amides is 2. The second-order valence-electron chi connectivity index (χ2n) is 10.8. The van der Waals surface area contributed by atoms with Crippen LogP contribution in [0.1, 0.15) is 55.5 Å². The van der Waals surface area contributed by atoms with Crippen molar-refractivity contribution in [2.45, 2.75) is 70.1 Å². The Morgan fingerprint density at radius 2 is 1.89 bits per heavy atom. The van der Waals surface area contributed by atoms with Gasteiger partial charge in [0.2, 0.25) is 5.91 Å². The van der Waals surface area contributed by atoms with E-state index in [0.717, 1.165) is 32.2 Å². The van der Waals surface area contributed by atoms with Crippen molar-refractivity contribution in [1.29, 1.82) is 0 Å². The molecule has 4 atom stereocenters. The Kier molecular flexibility index (Phi) is 9.51. The van der Waals surface area contributed by atoms with Gasteiger partial charge in [-0.1, -0.05) is 67.4 Å². The quantitative estimate of drug-likeness (QED) is 0.476. The van der Waals surface area contributed by atoms with Crippen LogP contribution in [0.15, 0.2) is 48.5 Å². The van der Waals surface area contributed by atoms with Crippen LogP contribution in [0.25, 0.3) is 0 Å². The van der Waals surface area contributed by atoms with Crippen molar-refractivity contribution in [3.8, 4) is 0 Å². The van der Waals surface area contributed by atoms with Crippen LogP contribution < -0.4 is 11.1 Å². The highest BCUT2D eigenvalue weighted by atomic mass is 35.5. The van der Waals surface area contributed by atoms with Crippen molar-refractivity contribution < 1.29 is 9.59 Å². The lowest BCUT2D eigenvalue weighted by atomic mass is 10.00. The van der Waals surface area contributed by atoms with Crippen molar-refractivity contribution in [2.24, 2.45) is 11.7 Å². The summed E-state index contributed by atoms with van der Waals surface area (Å²) in [5.41, 5.74) is 8.15. The first-order chi connectivity index (χ1) is 17.7. The Bertz CT molecular complexity index is 1080. The molecule has 0 bridgehead atoms. The summed E-state index contributed by atoms with van der Waals surface area (Å²) >= 11 is 12.1. The average Bonchev–Trinajstić information content (AvgIpc) is 3.21. The molecule has 2 heterocycles. The number of hydrogen-bond acceptors (Lipinski definition) is 4. The third-order valence-electron chi connectivity index (χ3n) is 7.59. The van der Waals surface area contributed by atoms with E-state index >= 15 is 0 Å². The van der Waals surface area contributed by atoms with Gasteiger partial charge >= 0.3 is 0 Å². The number of rotatable bonds is 9. The van der Waals surface area contributed by atoms with Crippen LogP contribution in [0.2, 0.25) is 10.0 Å². The van der Waals surface area contributed by atoms with Crippen LogP contribution >= 0.6 is 23.2 Å². The van der Waals surface area contributed by atoms with E-state index in [1.807, 2.05) is 11.0 Å². The molecule has 2 fully saturated rings. The Morgan fingerprint density at radius 3 is 2.59 bits per heavy atom. The Morgan fingerprint density at radius 1 is 1.14 bits per heavy atom. The Labute approximate surface area is 230 Å². The third-order valence-corrected chi connectivity index (χ3v) is 8.32. The van der Waals surface area contributed by atoms with Gasteiger partial charge in [-0.2, -0.15) is 0 Å². The molecule has 2 saturated heterocycles. The van der Waals surface area contributed by atoms with E-state index in [9.17, 15) is 9.59 Å². The summed E-state index contributed by atoms with van der Waals surface area (Å²) in [7, 11) is 0. The third kappa shape index (κ3) is 7.05. The first kappa shape index (κ1) is 27.9. The number of halogens is 2. The summed E-state index contributed by atoms with van der Waals surface area (Å²) in [4.78, 5) is 31.2. The second-order valence-corrected chi connectivity index (χ2v) is 11.6. The molecule has 0 saturated carbocycles. The zero-order valence-corrected chi connectivity index (χ0v) is 23.2. The van der Waals surface area contributed by atoms with Gasteiger partial charge in [0.25, 0.3) is 5.91 Å². The summed E-state index contributed by atoms with van der Waals surface area (Å²) in [6, 6.07) is 15.4. The number of carbonyl (C=O) groups excluding carboxylic acids is 2. The first-order valence-electron chi connectivity index (χ1n) is 13.3. The molecule has 6 nitrogen and oxygen atoms in total. The number of nitrogens with zero attached hydrogens (tertiary/aromatic N) is 2. The minimum Gasteiger partial charge on any atom is -0.350 e. The highest BCUT2D eigenvalue weighted by Crippen LogP contribution is 2.30. The average molecular weight is 546 g/mol. The SMILES string of the molecule is CC(C)C[C@H](CNC(=O)c1ccc(Cl)c(Cl)c1)N1CCC(CCc2ccccc2)N2C[C@H](N)C[C@H]2C1=O. The molecule has 3 N–H and O–H groups in total. The van der Waals surface area contributed by atoms with Crippen molar-refractivity contribution >= 4 is 35.0 Å². The fourth-order valence-electron chi connectivity index (χ4n) is 5.76. The molecule has 2 aliphatic rings. The Hall–Kier alpha value is -2.12. The van der Waals surface area contributed by atoms with Crippen LogP contribution in [-0.4, -0.2) is 65.4 Å². The van der Waals surface area contributed by atoms with Gasteiger partial charge in [0.1, 0.15) is 0 Å². The summed E-state index contributed by atoms with van der Waals surface area (Å²) < 4.78 is 0. The molecule has 2 aliphatic heterocycles. The van der Waals surface area contributed by atoms with Gasteiger partial charge in [-0.3, -0.25) is 14.5 Å². The van der Waals surface area contributed by atoms with E-state index in [1.54, 1.807) is 18.2 Å². The molecule has 4 rings (SSSR count). The fraction of sp³-hybridized carbons (Fsp3) is 0.517. The van der Waals surface area contributed by atoms with Gasteiger partial charge in [0.15, 0.2) is 0 Å². The highest BCUT2D eigenvalue weighted by molar-refractivity contribution is 6.42. The molecule has 2 aromatic carbocycles. The summed E-state index contributed by atoms with van der Waals surface area (Å²) in [5, 5.41) is 3.79. The maximum absolute atomic E-state index is 13.9. The number of benzene rings is 2. The highest BCUT2D eigenvalue weighted by Gasteiger charge is 2.44. The van der Waals surface area contributed by atoms with Crippen LogP contribution in [0.5, 0.6) is 0 Å². The molecule has 200 valence electrons. The number of aryl methyl sites for hydroxylation is 1. The van der Waals surface area contributed by atoms with Crippen LogP contribution in [0.3, 0.4) is 0 Å². The monoisotopic (exact) mass is 544 g/mol. The Balaban J connectivity index is 1.48. The first-order valence-corrected chi connectivity index (χ1v) is 14.1. The smallest absolute Gasteiger partial charge is 0.251 e. The number of hydrogen-bond donors (Lipinski definition) is 2. The molecular formula is C29H38Cl2N4O2. The standard InChI is InChI=1S/C29H38Cl2N4O2/c1-19(2)14-24(17-33-28(36)21-9-11-25(30)26(31)15-21)34-13-12-23(10-8-20-6-4-3-5-7-20)35-18-22(32)16-27(35)29(34)37/h3-7,9,11,15,19,22-24,27H,8,10,12-14,16-18,32H2,1-2H3,(H,33,36)/t22-,23?,24-,27+/m1/s1. The summed E-state index contributed by atoms with van der Waals surface area (Å²) in [5.74, 6) is 0.295. The van der Waals surface area contributed by atoms with E-state index < -0.39 is 0 Å². The summed E-state index contributed by atoms with van der Waals surface area (Å²) in [6.07, 6.45) is 4.36. The topological polar surface area (TPSA) is 78.7 Å². The molecule has 0 spiro atoms. The zero-order chi connectivity index (χ0) is 26.5. The molecule has 8 heteroatoms. The number of nitrogens with two attached hydrogens (primary N) is 1. The van der Waals surface area contributed by atoms with E-state index in [-0.39, 0.29) is 29.9 Å². The maximum Gasteiger partial charge on any atom is 0.251 e. The lowest BCUT2D eigenvalue weighted by molar-refractivity contribution is -0.137. The second kappa shape index (κ2) is 12.6. The van der Waals surface area contributed by atoms with Crippen molar-refractivity contribution in [2.75, 3.05) is 19.6 Å². The lowest BCUT2D eigenvalue weighted by Crippen LogP contribution is -2.51. The van der Waals surface area contributed by atoms with Gasteiger partial charge < -0.3 is 16.0 Å². The molecule has 0 aromatic heterocycles. The van der Waals surface area contributed by atoms with Gasteiger partial charge in [-0.05, 0) is 61.8 Å².